The Morgan fingerprint density at radius 3 is 3.30 bits per heavy atom. The summed E-state index contributed by atoms with van der Waals surface area (Å²) >= 11 is 0. The first-order valence-corrected chi connectivity index (χ1v) is 2.73. The summed E-state index contributed by atoms with van der Waals surface area (Å²) in [5.74, 6) is -0.640. The number of pyridine rings is 1. The zero-order chi connectivity index (χ0) is 10.1. The largest absolute Gasteiger partial charge is 0.365 e. The van der Waals surface area contributed by atoms with Crippen molar-refractivity contribution < 1.29 is 13.5 Å². The van der Waals surface area contributed by atoms with Crippen LogP contribution in [0.15, 0.2) is 24.5 Å². The lowest BCUT2D eigenvalue weighted by atomic mass is 10.3. The Morgan fingerprint density at radius 2 is 2.70 bits per heavy atom. The van der Waals surface area contributed by atoms with Gasteiger partial charge in [0.25, 0.3) is 5.91 Å². The van der Waals surface area contributed by atoms with E-state index >= 15 is 0 Å². The molecule has 0 radical (unpaired) electrons. The van der Waals surface area contributed by atoms with Gasteiger partial charge in [0, 0.05) is 6.07 Å². The van der Waals surface area contributed by atoms with Gasteiger partial charge < -0.3 is 5.73 Å². The molecule has 1 amide bonds. The molecule has 0 aliphatic carbocycles. The first-order chi connectivity index (χ1) is 5.91. The van der Waals surface area contributed by atoms with Gasteiger partial charge in [-0.3, -0.25) is 4.79 Å². The molecule has 0 spiro atoms. The molecule has 10 heavy (non-hydrogen) atoms. The highest BCUT2D eigenvalue weighted by Gasteiger charge is 2.02. The van der Waals surface area contributed by atoms with E-state index in [0.717, 1.165) is 4.57 Å². The second-order valence-corrected chi connectivity index (χ2v) is 1.86. The van der Waals surface area contributed by atoms with Crippen LogP contribution in [-0.2, 0) is 6.98 Å². The van der Waals surface area contributed by atoms with E-state index in [9.17, 15) is 4.79 Å². The summed E-state index contributed by atoms with van der Waals surface area (Å²) in [7, 11) is 0. The molecule has 0 atom stereocenters. The molecular formula is C7H9N2O+. The van der Waals surface area contributed by atoms with Crippen LogP contribution in [0.2, 0.25) is 0 Å². The molecule has 3 heteroatoms. The SMILES string of the molecule is [2H]C([2H])([2H])[n+]1cccc(C(N)=O)c1. The molecule has 0 saturated carbocycles. The third-order valence-electron chi connectivity index (χ3n) is 1.09. The highest BCUT2D eigenvalue weighted by molar-refractivity contribution is 5.92. The fourth-order valence-corrected chi connectivity index (χ4v) is 0.621. The van der Waals surface area contributed by atoms with Crippen LogP contribution >= 0.6 is 0 Å². The molecule has 1 heterocycles. The van der Waals surface area contributed by atoms with Gasteiger partial charge in [0.15, 0.2) is 12.4 Å². The topological polar surface area (TPSA) is 47.0 Å². The molecule has 0 fully saturated rings. The number of aromatic nitrogens is 1. The van der Waals surface area contributed by atoms with Crippen LogP contribution in [0.1, 0.15) is 14.5 Å². The van der Waals surface area contributed by atoms with Crippen LogP contribution in [0.4, 0.5) is 0 Å². The number of amides is 1. The van der Waals surface area contributed by atoms with E-state index in [1.807, 2.05) is 0 Å². The van der Waals surface area contributed by atoms with Gasteiger partial charge in [-0.2, -0.15) is 0 Å². The summed E-state index contributed by atoms with van der Waals surface area (Å²) in [4.78, 5) is 10.7. The van der Waals surface area contributed by atoms with Crippen LogP contribution in [-0.4, -0.2) is 5.91 Å². The van der Waals surface area contributed by atoms with E-state index in [0.29, 0.717) is 0 Å². The Labute approximate surface area is 63.3 Å². The van der Waals surface area contributed by atoms with Crippen molar-refractivity contribution in [1.82, 2.24) is 0 Å². The minimum absolute atomic E-state index is 0.179. The summed E-state index contributed by atoms with van der Waals surface area (Å²) in [6.45, 7) is -2.27. The van der Waals surface area contributed by atoms with Crippen LogP contribution in [0.25, 0.3) is 0 Å². The van der Waals surface area contributed by atoms with Crippen molar-refractivity contribution in [3.63, 3.8) is 0 Å². The maximum absolute atomic E-state index is 10.7. The van der Waals surface area contributed by atoms with Crippen LogP contribution in [0.3, 0.4) is 0 Å². The zero-order valence-corrected chi connectivity index (χ0v) is 5.24. The highest BCUT2D eigenvalue weighted by Crippen LogP contribution is 1.89. The normalized spacial score (nSPS) is 15.0. The molecule has 0 aliphatic heterocycles. The van der Waals surface area contributed by atoms with Gasteiger partial charge in [0.05, 0.1) is 0 Å². The highest BCUT2D eigenvalue weighted by atomic mass is 16.1. The monoisotopic (exact) mass is 140 g/mol. The van der Waals surface area contributed by atoms with E-state index < -0.39 is 12.9 Å². The van der Waals surface area contributed by atoms with Gasteiger partial charge in [0.2, 0.25) is 0 Å². The molecule has 1 aromatic rings. The average molecular weight is 140 g/mol. The summed E-state index contributed by atoms with van der Waals surface area (Å²) in [6, 6.07) is 2.93. The lowest BCUT2D eigenvalue weighted by Gasteiger charge is -1.89. The molecule has 1 rings (SSSR count). The number of nitrogens with two attached hydrogens (primary N) is 1. The van der Waals surface area contributed by atoms with Crippen molar-refractivity contribution in [3.05, 3.63) is 30.1 Å². The van der Waals surface area contributed by atoms with Crippen molar-refractivity contribution >= 4 is 5.91 Å². The Morgan fingerprint density at radius 1 is 1.90 bits per heavy atom. The molecule has 0 bridgehead atoms. The predicted molar refractivity (Wildman–Crippen MR) is 36.1 cm³/mol. The van der Waals surface area contributed by atoms with Gasteiger partial charge in [0.1, 0.15) is 16.7 Å². The van der Waals surface area contributed by atoms with E-state index in [1.165, 1.54) is 24.5 Å². The smallest absolute Gasteiger partial charge is 0.254 e. The molecule has 3 nitrogen and oxygen atoms in total. The molecule has 0 saturated heterocycles. The molecule has 0 aromatic carbocycles. The van der Waals surface area contributed by atoms with Gasteiger partial charge >= 0.3 is 0 Å². The maximum atomic E-state index is 10.7. The van der Waals surface area contributed by atoms with Gasteiger partial charge in [-0.1, -0.05) is 0 Å². The Bertz CT molecular complexity index is 335. The Balaban J connectivity index is 3.13. The fourth-order valence-electron chi connectivity index (χ4n) is 0.621. The zero-order valence-electron chi connectivity index (χ0n) is 8.24. The number of hydrogen-bond donors (Lipinski definition) is 1. The molecule has 52 valence electrons. The van der Waals surface area contributed by atoms with Crippen LogP contribution in [0, 0.1) is 0 Å². The summed E-state index contributed by atoms with van der Waals surface area (Å²) in [5.41, 5.74) is 5.17. The lowest BCUT2D eigenvalue weighted by Crippen LogP contribution is -2.28. The van der Waals surface area contributed by atoms with E-state index in [1.54, 1.807) is 0 Å². The van der Waals surface area contributed by atoms with Gasteiger partial charge in [-0.15, -0.1) is 0 Å². The molecular weight excluding hydrogens is 128 g/mol. The molecule has 1 aromatic heterocycles. The number of hydrogen-bond acceptors (Lipinski definition) is 1. The number of nitrogens with zero attached hydrogens (tertiary/aromatic N) is 1. The number of carbonyl (C=O) groups is 1. The van der Waals surface area contributed by atoms with Gasteiger partial charge in [-0.05, 0) is 6.07 Å². The maximum Gasteiger partial charge on any atom is 0.254 e. The van der Waals surface area contributed by atoms with Crippen molar-refractivity contribution in [2.75, 3.05) is 0 Å². The molecule has 2 N–H and O–H groups in total. The quantitative estimate of drug-likeness (QED) is 0.530. The summed E-state index contributed by atoms with van der Waals surface area (Å²) in [5, 5.41) is 0. The van der Waals surface area contributed by atoms with Crippen molar-refractivity contribution in [1.29, 1.82) is 0 Å². The number of rotatable bonds is 1. The second-order valence-electron chi connectivity index (χ2n) is 1.86. The van der Waals surface area contributed by atoms with E-state index in [2.05, 4.69) is 0 Å². The first kappa shape index (κ1) is 3.71. The molecule has 0 unspecified atom stereocenters. The standard InChI is InChI=1S/C7H8N2O/c1-9-4-2-3-6(5-9)7(8)10/h2-5H,1H3,(H-,8,10)/p+1/i1D3. The summed E-state index contributed by atoms with van der Waals surface area (Å²) < 4.78 is 22.1. The molecule has 0 aliphatic rings. The first-order valence-electron chi connectivity index (χ1n) is 4.23. The van der Waals surface area contributed by atoms with Crippen molar-refractivity contribution in [2.24, 2.45) is 12.7 Å². The predicted octanol–water partition coefficient (Wildman–Crippen LogP) is -0.390. The van der Waals surface area contributed by atoms with Gasteiger partial charge in [-0.25, -0.2) is 4.57 Å². The average Bonchev–Trinajstić information content (AvgIpc) is 2.03. The number of carbonyl (C=O) groups excluding carboxylic acids is 1. The third kappa shape index (κ3) is 1.31. The number of primary amides is 1. The minimum Gasteiger partial charge on any atom is -0.365 e. The second kappa shape index (κ2) is 2.47. The lowest BCUT2D eigenvalue weighted by molar-refractivity contribution is -0.671. The van der Waals surface area contributed by atoms with E-state index in [-0.39, 0.29) is 5.56 Å². The van der Waals surface area contributed by atoms with Crippen LogP contribution < -0.4 is 10.3 Å². The van der Waals surface area contributed by atoms with Crippen molar-refractivity contribution in [2.45, 2.75) is 0 Å². The minimum atomic E-state index is -2.27. The van der Waals surface area contributed by atoms with E-state index in [4.69, 9.17) is 9.85 Å². The summed E-state index contributed by atoms with van der Waals surface area (Å²) in [6.07, 6.45) is 2.56. The Kier molecular flexibility index (Phi) is 0.917. The van der Waals surface area contributed by atoms with Crippen molar-refractivity contribution in [3.8, 4) is 0 Å². The number of aryl methyl sites for hydroxylation is 1. The Hall–Kier alpha value is -1.38. The fraction of sp³-hybridized carbons (Fsp3) is 0.143. The third-order valence-corrected chi connectivity index (χ3v) is 1.09. The van der Waals surface area contributed by atoms with Crippen LogP contribution in [0.5, 0.6) is 0 Å².